The summed E-state index contributed by atoms with van der Waals surface area (Å²) in [5, 5.41) is 10.3. The summed E-state index contributed by atoms with van der Waals surface area (Å²) < 4.78 is 15.1. The standard InChI is InChI=1S/C20H18FN5O2/c1-3-11(2)22-19(27)13-7-8-15-16(10-13)26-18(23-20(15)28)17(24-25-26)12-5-4-6-14(21)9-12/h4-11,25H,3H2,1-2H3,(H,22,27)/t11-/m0/s1. The Morgan fingerprint density at radius 2 is 2.11 bits per heavy atom. The van der Waals surface area contributed by atoms with Crippen molar-refractivity contribution in [1.29, 1.82) is 0 Å². The van der Waals surface area contributed by atoms with Gasteiger partial charge in [-0.2, -0.15) is 10.1 Å². The van der Waals surface area contributed by atoms with Gasteiger partial charge in [0.1, 0.15) is 11.5 Å². The van der Waals surface area contributed by atoms with Crippen molar-refractivity contribution in [1.82, 2.24) is 25.1 Å². The van der Waals surface area contributed by atoms with Crippen LogP contribution in [0.25, 0.3) is 27.8 Å². The number of amides is 1. The number of hydrogen-bond donors (Lipinski definition) is 2. The monoisotopic (exact) mass is 379 g/mol. The Kier molecular flexibility index (Phi) is 4.38. The van der Waals surface area contributed by atoms with Crippen molar-refractivity contribution in [3.05, 3.63) is 64.2 Å². The first-order valence-corrected chi connectivity index (χ1v) is 8.95. The number of carbonyl (C=O) groups excluding carboxylic acids is 1. The largest absolute Gasteiger partial charge is 0.350 e. The molecular formula is C20H18FN5O2. The molecule has 0 radical (unpaired) electrons. The quantitative estimate of drug-likeness (QED) is 0.570. The molecule has 0 aliphatic carbocycles. The smallest absolute Gasteiger partial charge is 0.281 e. The molecule has 2 heterocycles. The number of halogens is 1. The lowest BCUT2D eigenvalue weighted by Crippen LogP contribution is -2.31. The van der Waals surface area contributed by atoms with Gasteiger partial charge in [0.15, 0.2) is 5.65 Å². The molecule has 1 atom stereocenters. The normalized spacial score (nSPS) is 12.4. The van der Waals surface area contributed by atoms with Crippen molar-refractivity contribution in [2.24, 2.45) is 0 Å². The number of rotatable bonds is 4. The van der Waals surface area contributed by atoms with Crippen LogP contribution in [0.3, 0.4) is 0 Å². The molecule has 4 aromatic rings. The highest BCUT2D eigenvalue weighted by Gasteiger charge is 2.16. The summed E-state index contributed by atoms with van der Waals surface area (Å²) in [6.45, 7) is 3.91. The molecule has 2 aromatic heterocycles. The Morgan fingerprint density at radius 1 is 1.29 bits per heavy atom. The number of aromatic nitrogens is 4. The first kappa shape index (κ1) is 17.8. The zero-order valence-corrected chi connectivity index (χ0v) is 15.4. The number of aromatic amines is 1. The average Bonchev–Trinajstić information content (AvgIpc) is 3.11. The van der Waals surface area contributed by atoms with Crippen molar-refractivity contribution in [3.63, 3.8) is 0 Å². The fraction of sp³-hybridized carbons (Fsp3) is 0.200. The molecule has 0 fully saturated rings. The summed E-state index contributed by atoms with van der Waals surface area (Å²) in [6, 6.07) is 10.7. The lowest BCUT2D eigenvalue weighted by atomic mass is 10.1. The summed E-state index contributed by atoms with van der Waals surface area (Å²) >= 11 is 0. The zero-order valence-electron chi connectivity index (χ0n) is 15.4. The summed E-state index contributed by atoms with van der Waals surface area (Å²) in [4.78, 5) is 29.1. The number of fused-ring (bicyclic) bond motifs is 3. The third kappa shape index (κ3) is 3.02. The van der Waals surface area contributed by atoms with Crippen LogP contribution in [-0.2, 0) is 0 Å². The number of nitrogens with one attached hydrogen (secondary N) is 2. The van der Waals surface area contributed by atoms with Crippen molar-refractivity contribution >= 4 is 22.5 Å². The average molecular weight is 379 g/mol. The van der Waals surface area contributed by atoms with E-state index in [1.54, 1.807) is 30.3 Å². The van der Waals surface area contributed by atoms with Gasteiger partial charge in [-0.25, -0.2) is 14.1 Å². The number of carbonyl (C=O) groups is 1. The van der Waals surface area contributed by atoms with E-state index in [2.05, 4.69) is 20.6 Å². The van der Waals surface area contributed by atoms with E-state index in [1.807, 2.05) is 13.8 Å². The predicted molar refractivity (Wildman–Crippen MR) is 104 cm³/mol. The summed E-state index contributed by atoms with van der Waals surface area (Å²) in [7, 11) is 0. The topological polar surface area (TPSA) is 92.2 Å². The van der Waals surface area contributed by atoms with Gasteiger partial charge in [0.2, 0.25) is 0 Å². The molecule has 0 aliphatic rings. The van der Waals surface area contributed by atoms with Gasteiger partial charge in [0, 0.05) is 17.2 Å². The van der Waals surface area contributed by atoms with Crippen LogP contribution in [0.4, 0.5) is 4.39 Å². The summed E-state index contributed by atoms with van der Waals surface area (Å²) in [5.74, 6) is -0.634. The van der Waals surface area contributed by atoms with Gasteiger partial charge in [-0.3, -0.25) is 9.59 Å². The van der Waals surface area contributed by atoms with Crippen LogP contribution in [0.5, 0.6) is 0 Å². The van der Waals surface area contributed by atoms with Crippen LogP contribution in [0.1, 0.15) is 30.6 Å². The van der Waals surface area contributed by atoms with Gasteiger partial charge >= 0.3 is 0 Å². The molecule has 0 saturated heterocycles. The molecule has 2 aromatic carbocycles. The first-order valence-electron chi connectivity index (χ1n) is 8.95. The van der Waals surface area contributed by atoms with Gasteiger partial charge in [0.05, 0.1) is 10.9 Å². The van der Waals surface area contributed by atoms with Crippen LogP contribution in [0.2, 0.25) is 0 Å². The van der Waals surface area contributed by atoms with Crippen molar-refractivity contribution in [2.75, 3.05) is 0 Å². The van der Waals surface area contributed by atoms with Crippen LogP contribution in [0, 0.1) is 5.82 Å². The zero-order chi connectivity index (χ0) is 19.8. The molecule has 4 rings (SSSR count). The molecule has 0 bridgehead atoms. The van der Waals surface area contributed by atoms with Crippen LogP contribution in [-0.4, -0.2) is 31.8 Å². The maximum absolute atomic E-state index is 13.6. The fourth-order valence-electron chi connectivity index (χ4n) is 3.01. The lowest BCUT2D eigenvalue weighted by molar-refractivity contribution is 0.0939. The van der Waals surface area contributed by atoms with E-state index in [-0.39, 0.29) is 17.6 Å². The van der Waals surface area contributed by atoms with E-state index >= 15 is 0 Å². The third-order valence-corrected chi connectivity index (χ3v) is 4.71. The molecule has 28 heavy (non-hydrogen) atoms. The van der Waals surface area contributed by atoms with E-state index in [4.69, 9.17) is 0 Å². The molecule has 0 spiro atoms. The highest BCUT2D eigenvalue weighted by Crippen LogP contribution is 2.23. The van der Waals surface area contributed by atoms with Gasteiger partial charge < -0.3 is 5.32 Å². The van der Waals surface area contributed by atoms with Crippen LogP contribution < -0.4 is 10.9 Å². The molecule has 0 aliphatic heterocycles. The minimum atomic E-state index is -0.442. The Bertz CT molecular complexity index is 1260. The highest BCUT2D eigenvalue weighted by atomic mass is 19.1. The van der Waals surface area contributed by atoms with E-state index in [1.165, 1.54) is 16.6 Å². The van der Waals surface area contributed by atoms with Gasteiger partial charge in [-0.1, -0.05) is 19.1 Å². The molecule has 0 saturated carbocycles. The minimum Gasteiger partial charge on any atom is -0.350 e. The fourth-order valence-corrected chi connectivity index (χ4v) is 3.01. The molecule has 2 N–H and O–H groups in total. The number of nitrogens with zero attached hydrogens (tertiary/aromatic N) is 3. The van der Waals surface area contributed by atoms with Gasteiger partial charge in [-0.15, -0.1) is 0 Å². The molecule has 1 amide bonds. The second-order valence-corrected chi connectivity index (χ2v) is 6.66. The second kappa shape index (κ2) is 6.88. The van der Waals surface area contributed by atoms with Crippen molar-refractivity contribution in [3.8, 4) is 11.3 Å². The third-order valence-electron chi connectivity index (χ3n) is 4.71. The van der Waals surface area contributed by atoms with Crippen LogP contribution in [0.15, 0.2) is 47.3 Å². The maximum atomic E-state index is 13.6. The van der Waals surface area contributed by atoms with Crippen LogP contribution >= 0.6 is 0 Å². The molecule has 8 heteroatoms. The van der Waals surface area contributed by atoms with E-state index < -0.39 is 11.4 Å². The lowest BCUT2D eigenvalue weighted by Gasteiger charge is -2.11. The predicted octanol–water partition coefficient (Wildman–Crippen LogP) is 2.91. The summed E-state index contributed by atoms with van der Waals surface area (Å²) in [5.41, 5.74) is 1.57. The number of hydrogen-bond acceptors (Lipinski definition) is 4. The minimum absolute atomic E-state index is 0.0371. The van der Waals surface area contributed by atoms with E-state index in [0.29, 0.717) is 27.7 Å². The molecule has 142 valence electrons. The maximum Gasteiger partial charge on any atom is 0.281 e. The van der Waals surface area contributed by atoms with Gasteiger partial charge in [0.25, 0.3) is 11.5 Å². The summed E-state index contributed by atoms with van der Waals surface area (Å²) in [6.07, 6.45) is 0.810. The van der Waals surface area contributed by atoms with Crippen molar-refractivity contribution < 1.29 is 9.18 Å². The van der Waals surface area contributed by atoms with E-state index in [0.717, 1.165) is 6.42 Å². The number of H-pyrrole nitrogens is 1. The second-order valence-electron chi connectivity index (χ2n) is 6.66. The molecule has 7 nitrogen and oxygen atoms in total. The highest BCUT2D eigenvalue weighted by molar-refractivity contribution is 5.98. The molecule has 0 unspecified atom stereocenters. The Morgan fingerprint density at radius 3 is 2.86 bits per heavy atom. The van der Waals surface area contributed by atoms with E-state index in [9.17, 15) is 14.0 Å². The Labute approximate surface area is 159 Å². The number of benzene rings is 2. The molecular weight excluding hydrogens is 361 g/mol. The first-order chi connectivity index (χ1) is 13.5. The van der Waals surface area contributed by atoms with Gasteiger partial charge in [-0.05, 0) is 43.7 Å². The Balaban J connectivity index is 1.90. The van der Waals surface area contributed by atoms with Crippen molar-refractivity contribution in [2.45, 2.75) is 26.3 Å². The SMILES string of the molecule is CC[C@H](C)NC(=O)c1ccc2c(=O)nc3c(-c4cccc(F)c4)n[nH]n3c2c1. The Hall–Kier alpha value is -3.55.